The predicted octanol–water partition coefficient (Wildman–Crippen LogP) is 3.71. The van der Waals surface area contributed by atoms with E-state index in [0.29, 0.717) is 27.9 Å². The van der Waals surface area contributed by atoms with E-state index in [4.69, 9.17) is 4.42 Å². The molecule has 1 N–H and O–H groups in total. The number of furan rings is 1. The molecule has 3 rings (SSSR count). The molecule has 2 aromatic heterocycles. The SMILES string of the molecule is O=C(Cc1csc(SCC(=O)c2ccc(F)cc2)n1)NCc1ccco1. The molecule has 3 aromatic rings. The number of carbonyl (C=O) groups excluding carboxylic acids is 2. The molecule has 134 valence electrons. The molecule has 0 aliphatic heterocycles. The van der Waals surface area contributed by atoms with Crippen LogP contribution >= 0.6 is 23.1 Å². The highest BCUT2D eigenvalue weighted by molar-refractivity contribution is 8.01. The fraction of sp³-hybridized carbons (Fsp3) is 0.167. The molecule has 0 aliphatic carbocycles. The molecule has 0 radical (unpaired) electrons. The minimum Gasteiger partial charge on any atom is -0.467 e. The number of carbonyl (C=O) groups is 2. The highest BCUT2D eigenvalue weighted by Gasteiger charge is 2.11. The van der Waals surface area contributed by atoms with Crippen molar-refractivity contribution in [1.29, 1.82) is 0 Å². The first kappa shape index (κ1) is 18.3. The summed E-state index contributed by atoms with van der Waals surface area (Å²) in [4.78, 5) is 28.3. The first-order valence-electron chi connectivity index (χ1n) is 7.75. The Morgan fingerprint density at radius 3 is 2.77 bits per heavy atom. The molecular weight excluding hydrogens is 375 g/mol. The van der Waals surface area contributed by atoms with E-state index < -0.39 is 0 Å². The van der Waals surface area contributed by atoms with Gasteiger partial charge in [-0.05, 0) is 36.4 Å². The number of rotatable bonds is 8. The van der Waals surface area contributed by atoms with Crippen molar-refractivity contribution < 1.29 is 18.4 Å². The number of nitrogens with one attached hydrogen (secondary N) is 1. The maximum atomic E-state index is 12.9. The molecule has 0 fully saturated rings. The largest absolute Gasteiger partial charge is 0.467 e. The van der Waals surface area contributed by atoms with Crippen LogP contribution in [0.25, 0.3) is 0 Å². The van der Waals surface area contributed by atoms with Crippen LogP contribution in [0.3, 0.4) is 0 Å². The zero-order valence-corrected chi connectivity index (χ0v) is 15.2. The number of benzene rings is 1. The summed E-state index contributed by atoms with van der Waals surface area (Å²) in [5.41, 5.74) is 1.12. The van der Waals surface area contributed by atoms with Crippen molar-refractivity contribution in [2.45, 2.75) is 17.3 Å². The highest BCUT2D eigenvalue weighted by atomic mass is 32.2. The van der Waals surface area contributed by atoms with Gasteiger partial charge in [0.25, 0.3) is 0 Å². The van der Waals surface area contributed by atoms with Crippen molar-refractivity contribution in [1.82, 2.24) is 10.3 Å². The van der Waals surface area contributed by atoms with Gasteiger partial charge in [0, 0.05) is 10.9 Å². The second kappa shape index (κ2) is 8.77. The Hall–Kier alpha value is -2.45. The topological polar surface area (TPSA) is 72.2 Å². The molecule has 1 amide bonds. The van der Waals surface area contributed by atoms with E-state index in [1.807, 2.05) is 0 Å². The number of ketones is 1. The van der Waals surface area contributed by atoms with Gasteiger partial charge in [-0.2, -0.15) is 0 Å². The van der Waals surface area contributed by atoms with Crippen LogP contribution < -0.4 is 5.32 Å². The van der Waals surface area contributed by atoms with Crippen LogP contribution in [0.4, 0.5) is 4.39 Å². The van der Waals surface area contributed by atoms with Crippen molar-refractivity contribution in [3.05, 3.63) is 70.9 Å². The minimum absolute atomic E-state index is 0.0945. The highest BCUT2D eigenvalue weighted by Crippen LogP contribution is 2.24. The Morgan fingerprint density at radius 1 is 1.23 bits per heavy atom. The van der Waals surface area contributed by atoms with Gasteiger partial charge in [-0.25, -0.2) is 9.37 Å². The predicted molar refractivity (Wildman–Crippen MR) is 97.8 cm³/mol. The number of halogens is 1. The monoisotopic (exact) mass is 390 g/mol. The van der Waals surface area contributed by atoms with Crippen LogP contribution in [0.1, 0.15) is 21.8 Å². The standard InChI is InChI=1S/C18H15FN2O3S2/c19-13-5-3-12(4-6-13)16(22)11-26-18-21-14(10-25-18)8-17(23)20-9-15-2-1-7-24-15/h1-7,10H,8-9,11H2,(H,20,23). The van der Waals surface area contributed by atoms with Crippen molar-refractivity contribution in [3.63, 3.8) is 0 Å². The Labute approximate surface area is 157 Å². The van der Waals surface area contributed by atoms with E-state index in [-0.39, 0.29) is 29.7 Å². The number of thiazole rings is 1. The van der Waals surface area contributed by atoms with Crippen molar-refractivity contribution >= 4 is 34.8 Å². The van der Waals surface area contributed by atoms with E-state index in [0.717, 1.165) is 0 Å². The van der Waals surface area contributed by atoms with E-state index in [1.165, 1.54) is 47.4 Å². The molecule has 1 aromatic carbocycles. The van der Waals surface area contributed by atoms with Crippen LogP contribution in [0, 0.1) is 5.82 Å². The molecule has 26 heavy (non-hydrogen) atoms. The van der Waals surface area contributed by atoms with Gasteiger partial charge in [0.05, 0.1) is 30.7 Å². The molecule has 0 saturated heterocycles. The zero-order valence-electron chi connectivity index (χ0n) is 13.6. The Balaban J connectivity index is 1.46. The lowest BCUT2D eigenvalue weighted by Gasteiger charge is -2.01. The van der Waals surface area contributed by atoms with Gasteiger partial charge in [0.15, 0.2) is 10.1 Å². The number of hydrogen-bond donors (Lipinski definition) is 1. The summed E-state index contributed by atoms with van der Waals surface area (Å²) in [6, 6.07) is 9.01. The van der Waals surface area contributed by atoms with Gasteiger partial charge in [-0.1, -0.05) is 11.8 Å². The second-order valence-electron chi connectivity index (χ2n) is 5.36. The van der Waals surface area contributed by atoms with Crippen molar-refractivity contribution in [2.75, 3.05) is 5.75 Å². The molecule has 0 atom stereocenters. The Bertz CT molecular complexity index is 876. The van der Waals surface area contributed by atoms with E-state index in [2.05, 4.69) is 10.3 Å². The third kappa shape index (κ3) is 5.27. The number of aromatic nitrogens is 1. The summed E-state index contributed by atoms with van der Waals surface area (Å²) in [6.07, 6.45) is 1.72. The Kier molecular flexibility index (Phi) is 6.19. The van der Waals surface area contributed by atoms with E-state index in [1.54, 1.807) is 23.8 Å². The molecule has 0 spiro atoms. The summed E-state index contributed by atoms with van der Waals surface area (Å²) in [5, 5.41) is 4.56. The van der Waals surface area contributed by atoms with E-state index in [9.17, 15) is 14.0 Å². The van der Waals surface area contributed by atoms with Crippen molar-refractivity contribution in [3.8, 4) is 0 Å². The lowest BCUT2D eigenvalue weighted by atomic mass is 10.1. The summed E-state index contributed by atoms with van der Waals surface area (Å²) in [5.74, 6) is 0.286. The Morgan fingerprint density at radius 2 is 2.04 bits per heavy atom. The molecule has 0 aliphatic rings. The lowest BCUT2D eigenvalue weighted by Crippen LogP contribution is -2.24. The molecule has 2 heterocycles. The number of nitrogens with zero attached hydrogens (tertiary/aromatic N) is 1. The van der Waals surface area contributed by atoms with Gasteiger partial charge >= 0.3 is 0 Å². The van der Waals surface area contributed by atoms with Crippen LogP contribution in [0.15, 0.2) is 56.8 Å². The smallest absolute Gasteiger partial charge is 0.226 e. The second-order valence-corrected chi connectivity index (χ2v) is 7.44. The van der Waals surface area contributed by atoms with Gasteiger partial charge in [-0.15, -0.1) is 11.3 Å². The van der Waals surface area contributed by atoms with Gasteiger partial charge < -0.3 is 9.73 Å². The lowest BCUT2D eigenvalue weighted by molar-refractivity contribution is -0.120. The quantitative estimate of drug-likeness (QED) is 0.469. The number of Topliss-reactive ketones (excluding diaryl/α,β-unsaturated/α-hetero) is 1. The third-order valence-electron chi connectivity index (χ3n) is 3.41. The van der Waals surface area contributed by atoms with Gasteiger partial charge in [0.2, 0.25) is 5.91 Å². The van der Waals surface area contributed by atoms with Crippen LogP contribution in [0.2, 0.25) is 0 Å². The van der Waals surface area contributed by atoms with E-state index >= 15 is 0 Å². The first-order chi connectivity index (χ1) is 12.6. The maximum Gasteiger partial charge on any atom is 0.226 e. The van der Waals surface area contributed by atoms with Crippen molar-refractivity contribution in [2.24, 2.45) is 0 Å². The first-order valence-corrected chi connectivity index (χ1v) is 9.62. The number of amides is 1. The summed E-state index contributed by atoms with van der Waals surface area (Å²) < 4.78 is 18.7. The minimum atomic E-state index is -0.371. The average Bonchev–Trinajstić information content (AvgIpc) is 3.30. The fourth-order valence-corrected chi connectivity index (χ4v) is 3.85. The maximum absolute atomic E-state index is 12.9. The summed E-state index contributed by atoms with van der Waals surface area (Å²) in [6.45, 7) is 0.337. The van der Waals surface area contributed by atoms with Crippen LogP contribution in [0.5, 0.6) is 0 Å². The third-order valence-corrected chi connectivity index (χ3v) is 5.48. The molecule has 5 nitrogen and oxygen atoms in total. The fourth-order valence-electron chi connectivity index (χ4n) is 2.11. The normalized spacial score (nSPS) is 10.7. The molecular formula is C18H15FN2O3S2. The van der Waals surface area contributed by atoms with Gasteiger partial charge in [-0.3, -0.25) is 9.59 Å². The summed E-state index contributed by atoms with van der Waals surface area (Å²) >= 11 is 2.69. The summed E-state index contributed by atoms with van der Waals surface area (Å²) in [7, 11) is 0. The molecule has 8 heteroatoms. The zero-order chi connectivity index (χ0) is 18.4. The molecule has 0 bridgehead atoms. The van der Waals surface area contributed by atoms with Crippen LogP contribution in [-0.2, 0) is 17.8 Å². The van der Waals surface area contributed by atoms with Gasteiger partial charge in [0.1, 0.15) is 11.6 Å². The van der Waals surface area contributed by atoms with Crippen LogP contribution in [-0.4, -0.2) is 22.4 Å². The number of hydrogen-bond acceptors (Lipinski definition) is 6. The average molecular weight is 390 g/mol. The molecule has 0 unspecified atom stereocenters. The molecule has 0 saturated carbocycles. The number of thioether (sulfide) groups is 1.